The zero-order valence-electron chi connectivity index (χ0n) is 14.1. The molecule has 0 unspecified atom stereocenters. The van der Waals surface area contributed by atoms with E-state index in [0.717, 1.165) is 10.8 Å². The molecule has 3 rings (SSSR count). The van der Waals surface area contributed by atoms with Gasteiger partial charge < -0.3 is 35.8 Å². The largest absolute Gasteiger partial charge is 0.394 e. The van der Waals surface area contributed by atoms with Crippen LogP contribution in [0.1, 0.15) is 0 Å². The van der Waals surface area contributed by atoms with Crippen LogP contribution in [-0.4, -0.2) is 69.5 Å². The Balaban J connectivity index is 1.65. The number of carbonyl (C=O) groups excluding carboxylic acids is 2. The lowest BCUT2D eigenvalue weighted by atomic mass is 9.98. The number of hydrogen-bond acceptors (Lipinski definition) is 7. The van der Waals surface area contributed by atoms with Crippen LogP contribution >= 0.6 is 0 Å². The number of carbonyl (C=O) groups is 2. The standard InChI is InChI=1S/C18H20N2O7/c21-8-12-13(22)14(23)15(24)18(27-12)20-17(26)16(25)19-11-6-5-9-3-1-2-4-10(9)7-11/h1-7,12-15,18,21-24H,8H2,(H,19,25)(H,20,26)/t12-,13-,14+,15-,18-/m1/s1. The monoisotopic (exact) mass is 376 g/mol. The molecule has 1 aliphatic heterocycles. The van der Waals surface area contributed by atoms with Crippen molar-refractivity contribution in [1.29, 1.82) is 0 Å². The van der Waals surface area contributed by atoms with Crippen molar-refractivity contribution in [2.45, 2.75) is 30.6 Å². The lowest BCUT2D eigenvalue weighted by Crippen LogP contribution is -2.63. The van der Waals surface area contributed by atoms with Gasteiger partial charge in [0.15, 0.2) is 6.23 Å². The van der Waals surface area contributed by atoms with Crippen LogP contribution in [-0.2, 0) is 14.3 Å². The molecule has 27 heavy (non-hydrogen) atoms. The maximum atomic E-state index is 12.1. The van der Waals surface area contributed by atoms with E-state index in [1.165, 1.54) is 0 Å². The van der Waals surface area contributed by atoms with Gasteiger partial charge in [-0.25, -0.2) is 0 Å². The molecule has 0 aromatic heterocycles. The fourth-order valence-electron chi connectivity index (χ4n) is 2.87. The average molecular weight is 376 g/mol. The third-order valence-corrected chi connectivity index (χ3v) is 4.38. The fourth-order valence-corrected chi connectivity index (χ4v) is 2.87. The van der Waals surface area contributed by atoms with Crippen molar-refractivity contribution in [1.82, 2.24) is 5.32 Å². The lowest BCUT2D eigenvalue weighted by Gasteiger charge is -2.39. The molecule has 144 valence electrons. The van der Waals surface area contributed by atoms with E-state index in [0.29, 0.717) is 5.69 Å². The fraction of sp³-hybridized carbons (Fsp3) is 0.333. The first-order valence-electron chi connectivity index (χ1n) is 8.32. The molecule has 1 aliphatic rings. The van der Waals surface area contributed by atoms with Crippen LogP contribution < -0.4 is 10.6 Å². The van der Waals surface area contributed by atoms with Gasteiger partial charge in [-0.3, -0.25) is 9.59 Å². The Morgan fingerprint density at radius 3 is 2.33 bits per heavy atom. The van der Waals surface area contributed by atoms with Crippen LogP contribution in [0.5, 0.6) is 0 Å². The molecule has 1 fully saturated rings. The van der Waals surface area contributed by atoms with Crippen LogP contribution in [0.25, 0.3) is 10.8 Å². The van der Waals surface area contributed by atoms with Crippen LogP contribution in [0.2, 0.25) is 0 Å². The first-order chi connectivity index (χ1) is 12.9. The van der Waals surface area contributed by atoms with Crippen molar-refractivity contribution in [3.05, 3.63) is 42.5 Å². The normalized spacial score (nSPS) is 27.9. The smallest absolute Gasteiger partial charge is 0.313 e. The van der Waals surface area contributed by atoms with Gasteiger partial charge in [0.25, 0.3) is 0 Å². The Kier molecular flexibility index (Phi) is 5.68. The molecule has 9 nitrogen and oxygen atoms in total. The molecule has 9 heteroatoms. The minimum absolute atomic E-state index is 0.405. The zero-order chi connectivity index (χ0) is 19.6. The molecule has 0 saturated carbocycles. The maximum absolute atomic E-state index is 12.1. The molecule has 2 aromatic rings. The summed E-state index contributed by atoms with van der Waals surface area (Å²) in [7, 11) is 0. The molecule has 0 radical (unpaired) electrons. The number of ether oxygens (including phenoxy) is 1. The van der Waals surface area contributed by atoms with Crippen molar-refractivity contribution in [3.63, 3.8) is 0 Å². The van der Waals surface area contributed by atoms with E-state index in [-0.39, 0.29) is 0 Å². The van der Waals surface area contributed by atoms with Crippen LogP contribution in [0.4, 0.5) is 5.69 Å². The topological polar surface area (TPSA) is 148 Å². The Morgan fingerprint density at radius 1 is 0.926 bits per heavy atom. The molecule has 0 aliphatic carbocycles. The van der Waals surface area contributed by atoms with Gasteiger partial charge in [0.2, 0.25) is 0 Å². The Hall–Kier alpha value is -2.56. The molecule has 6 N–H and O–H groups in total. The highest BCUT2D eigenvalue weighted by molar-refractivity contribution is 6.39. The van der Waals surface area contributed by atoms with Gasteiger partial charge >= 0.3 is 11.8 Å². The van der Waals surface area contributed by atoms with E-state index < -0.39 is 49.1 Å². The minimum atomic E-state index is -1.67. The number of anilines is 1. The Morgan fingerprint density at radius 2 is 1.63 bits per heavy atom. The zero-order valence-corrected chi connectivity index (χ0v) is 14.1. The van der Waals surface area contributed by atoms with Crippen molar-refractivity contribution in [3.8, 4) is 0 Å². The summed E-state index contributed by atoms with van der Waals surface area (Å²) in [5.41, 5.74) is 0.405. The van der Waals surface area contributed by atoms with E-state index in [1.807, 2.05) is 24.3 Å². The average Bonchev–Trinajstić information content (AvgIpc) is 2.68. The maximum Gasteiger partial charge on any atom is 0.313 e. The number of aliphatic hydroxyl groups excluding tert-OH is 4. The second-order valence-electron chi connectivity index (χ2n) is 6.24. The Bertz CT molecular complexity index is 841. The van der Waals surface area contributed by atoms with Gasteiger partial charge in [-0.15, -0.1) is 0 Å². The van der Waals surface area contributed by atoms with Crippen molar-refractivity contribution in [2.24, 2.45) is 0 Å². The van der Waals surface area contributed by atoms with Crippen LogP contribution in [0.3, 0.4) is 0 Å². The van der Waals surface area contributed by atoms with E-state index in [4.69, 9.17) is 9.84 Å². The summed E-state index contributed by atoms with van der Waals surface area (Å²) in [6.45, 7) is -0.638. The number of benzene rings is 2. The predicted octanol–water partition coefficient (Wildman–Crippen LogP) is -1.31. The molecule has 2 aromatic carbocycles. The molecule has 0 spiro atoms. The SMILES string of the molecule is O=C(Nc1ccc2ccccc2c1)C(=O)N[C@@H]1O[C@H](CO)[C@@H](O)[C@H](O)[C@H]1O. The number of rotatable bonds is 3. The highest BCUT2D eigenvalue weighted by atomic mass is 16.6. The summed E-state index contributed by atoms with van der Waals surface area (Å²) in [5.74, 6) is -2.10. The highest BCUT2D eigenvalue weighted by Gasteiger charge is 2.44. The van der Waals surface area contributed by atoms with E-state index in [9.17, 15) is 24.9 Å². The second kappa shape index (κ2) is 7.99. The Labute approximate surface area is 154 Å². The molecular weight excluding hydrogens is 356 g/mol. The summed E-state index contributed by atoms with van der Waals surface area (Å²) in [6, 6.07) is 12.6. The molecule has 2 amide bonds. The van der Waals surface area contributed by atoms with E-state index in [1.54, 1.807) is 18.2 Å². The summed E-state index contributed by atoms with van der Waals surface area (Å²) < 4.78 is 5.14. The number of fused-ring (bicyclic) bond motifs is 1. The number of amides is 2. The van der Waals surface area contributed by atoms with Gasteiger partial charge in [0.1, 0.15) is 24.4 Å². The first kappa shape index (κ1) is 19.2. The van der Waals surface area contributed by atoms with Crippen LogP contribution in [0, 0.1) is 0 Å². The van der Waals surface area contributed by atoms with Crippen molar-refractivity contribution >= 4 is 28.3 Å². The minimum Gasteiger partial charge on any atom is -0.394 e. The molecule has 0 bridgehead atoms. The second-order valence-corrected chi connectivity index (χ2v) is 6.24. The summed E-state index contributed by atoms with van der Waals surface area (Å²) in [4.78, 5) is 24.2. The first-order valence-corrected chi connectivity index (χ1v) is 8.32. The summed E-state index contributed by atoms with van der Waals surface area (Å²) in [5, 5.41) is 44.9. The third kappa shape index (κ3) is 4.07. The number of hydrogen-bond donors (Lipinski definition) is 6. The van der Waals surface area contributed by atoms with Gasteiger partial charge in [-0.05, 0) is 22.9 Å². The molecule has 1 saturated heterocycles. The van der Waals surface area contributed by atoms with E-state index >= 15 is 0 Å². The highest BCUT2D eigenvalue weighted by Crippen LogP contribution is 2.20. The number of aliphatic hydroxyl groups is 4. The van der Waals surface area contributed by atoms with E-state index in [2.05, 4.69) is 10.6 Å². The van der Waals surface area contributed by atoms with Gasteiger partial charge in [0, 0.05) is 5.69 Å². The molecule has 5 atom stereocenters. The third-order valence-electron chi connectivity index (χ3n) is 4.38. The van der Waals surface area contributed by atoms with Crippen molar-refractivity contribution in [2.75, 3.05) is 11.9 Å². The van der Waals surface area contributed by atoms with Crippen LogP contribution in [0.15, 0.2) is 42.5 Å². The molecular formula is C18H20N2O7. The quantitative estimate of drug-likeness (QED) is 0.365. The number of nitrogens with one attached hydrogen (secondary N) is 2. The predicted molar refractivity (Wildman–Crippen MR) is 94.5 cm³/mol. The summed E-state index contributed by atoms with van der Waals surface area (Å²) in [6.07, 6.45) is -7.51. The van der Waals surface area contributed by atoms with Gasteiger partial charge in [-0.2, -0.15) is 0 Å². The van der Waals surface area contributed by atoms with Crippen molar-refractivity contribution < 1.29 is 34.8 Å². The molecule has 1 heterocycles. The lowest BCUT2D eigenvalue weighted by molar-refractivity contribution is -0.235. The van der Waals surface area contributed by atoms with Gasteiger partial charge in [0.05, 0.1) is 6.61 Å². The van der Waals surface area contributed by atoms with Gasteiger partial charge in [-0.1, -0.05) is 30.3 Å². The summed E-state index contributed by atoms with van der Waals surface area (Å²) >= 11 is 0.